The van der Waals surface area contributed by atoms with E-state index in [1.165, 1.54) is 4.90 Å². The standard InChI is InChI=1S/C16H14N2O3S/c1-11-7-8-13(21-11)9-14-15(19)18(16(20)22-14)10-17-12-5-3-2-4-6-12/h2-9,17H,10H2,1H3/b14-9-. The van der Waals surface area contributed by atoms with Crippen molar-refractivity contribution in [3.8, 4) is 0 Å². The van der Waals surface area contributed by atoms with Crippen molar-refractivity contribution in [3.63, 3.8) is 0 Å². The van der Waals surface area contributed by atoms with Gasteiger partial charge in [0.25, 0.3) is 11.1 Å². The molecule has 1 saturated heterocycles. The molecule has 0 bridgehead atoms. The summed E-state index contributed by atoms with van der Waals surface area (Å²) in [7, 11) is 0. The van der Waals surface area contributed by atoms with E-state index < -0.39 is 0 Å². The molecular weight excluding hydrogens is 300 g/mol. The molecule has 2 amide bonds. The van der Waals surface area contributed by atoms with Gasteiger partial charge in [0.1, 0.15) is 11.5 Å². The zero-order valence-electron chi connectivity index (χ0n) is 11.9. The Labute approximate surface area is 132 Å². The number of aryl methyl sites for hydroxylation is 1. The fourth-order valence-corrected chi connectivity index (χ4v) is 2.84. The zero-order valence-corrected chi connectivity index (χ0v) is 12.7. The summed E-state index contributed by atoms with van der Waals surface area (Å²) in [6.45, 7) is 1.97. The third-order valence-corrected chi connectivity index (χ3v) is 4.03. The van der Waals surface area contributed by atoms with Gasteiger partial charge in [-0.1, -0.05) is 18.2 Å². The number of imide groups is 1. The molecule has 0 aliphatic carbocycles. The van der Waals surface area contributed by atoms with Gasteiger partial charge in [-0.2, -0.15) is 0 Å². The highest BCUT2D eigenvalue weighted by molar-refractivity contribution is 8.18. The third kappa shape index (κ3) is 3.07. The maximum Gasteiger partial charge on any atom is 0.295 e. The van der Waals surface area contributed by atoms with Gasteiger partial charge in [0.2, 0.25) is 0 Å². The number of hydrogen-bond donors (Lipinski definition) is 1. The predicted octanol–water partition coefficient (Wildman–Crippen LogP) is 3.69. The molecule has 1 fully saturated rings. The molecule has 0 atom stereocenters. The predicted molar refractivity (Wildman–Crippen MR) is 86.2 cm³/mol. The number of rotatable bonds is 4. The number of benzene rings is 1. The molecule has 0 saturated carbocycles. The molecule has 1 aromatic carbocycles. The minimum Gasteiger partial charge on any atom is -0.462 e. The quantitative estimate of drug-likeness (QED) is 0.872. The number of hydrogen-bond acceptors (Lipinski definition) is 5. The molecule has 3 rings (SSSR count). The number of thioether (sulfide) groups is 1. The van der Waals surface area contributed by atoms with E-state index in [1.807, 2.05) is 43.3 Å². The third-order valence-electron chi connectivity index (χ3n) is 3.12. The number of carbonyl (C=O) groups is 2. The molecule has 1 N–H and O–H groups in total. The molecule has 1 aromatic heterocycles. The van der Waals surface area contributed by atoms with Crippen LogP contribution in [0.4, 0.5) is 10.5 Å². The maximum atomic E-state index is 12.3. The zero-order chi connectivity index (χ0) is 15.5. The van der Waals surface area contributed by atoms with Crippen molar-refractivity contribution in [1.82, 2.24) is 4.90 Å². The van der Waals surface area contributed by atoms with Crippen LogP contribution in [0.15, 0.2) is 51.8 Å². The van der Waals surface area contributed by atoms with E-state index in [4.69, 9.17) is 4.42 Å². The number of para-hydroxylation sites is 1. The van der Waals surface area contributed by atoms with Gasteiger partial charge >= 0.3 is 0 Å². The Morgan fingerprint density at radius 2 is 1.95 bits per heavy atom. The molecular formula is C16H14N2O3S. The van der Waals surface area contributed by atoms with Crippen LogP contribution in [0.2, 0.25) is 0 Å². The minimum atomic E-state index is -0.313. The van der Waals surface area contributed by atoms with Gasteiger partial charge < -0.3 is 9.73 Å². The van der Waals surface area contributed by atoms with Crippen LogP contribution in [0.3, 0.4) is 0 Å². The monoisotopic (exact) mass is 314 g/mol. The minimum absolute atomic E-state index is 0.142. The van der Waals surface area contributed by atoms with Crippen LogP contribution < -0.4 is 5.32 Å². The van der Waals surface area contributed by atoms with Crippen molar-refractivity contribution in [3.05, 3.63) is 58.9 Å². The Hall–Kier alpha value is -2.47. The van der Waals surface area contributed by atoms with Crippen molar-refractivity contribution in [2.45, 2.75) is 6.92 Å². The second-order valence-corrected chi connectivity index (χ2v) is 5.75. The van der Waals surface area contributed by atoms with Crippen LogP contribution in [0.5, 0.6) is 0 Å². The van der Waals surface area contributed by atoms with Crippen LogP contribution in [-0.2, 0) is 4.79 Å². The maximum absolute atomic E-state index is 12.3. The van der Waals surface area contributed by atoms with Crippen molar-refractivity contribution in [2.24, 2.45) is 0 Å². The number of anilines is 1. The Morgan fingerprint density at radius 3 is 2.64 bits per heavy atom. The Kier molecular flexibility index (Phi) is 4.02. The van der Waals surface area contributed by atoms with Gasteiger partial charge in [-0.3, -0.25) is 14.5 Å². The normalized spacial score (nSPS) is 16.6. The van der Waals surface area contributed by atoms with Crippen LogP contribution >= 0.6 is 11.8 Å². The Balaban J connectivity index is 1.70. The summed E-state index contributed by atoms with van der Waals surface area (Å²) < 4.78 is 5.41. The van der Waals surface area contributed by atoms with Gasteiger partial charge in [-0.05, 0) is 43.0 Å². The second-order valence-electron chi connectivity index (χ2n) is 4.76. The first kappa shape index (κ1) is 14.5. The lowest BCUT2D eigenvalue weighted by Crippen LogP contribution is -2.33. The summed E-state index contributed by atoms with van der Waals surface area (Å²) in [6, 6.07) is 13.0. The lowest BCUT2D eigenvalue weighted by atomic mass is 10.3. The van der Waals surface area contributed by atoms with E-state index in [1.54, 1.807) is 12.1 Å². The number of nitrogens with one attached hydrogen (secondary N) is 1. The molecule has 112 valence electrons. The van der Waals surface area contributed by atoms with Gasteiger partial charge in [-0.25, -0.2) is 0 Å². The van der Waals surface area contributed by atoms with E-state index >= 15 is 0 Å². The lowest BCUT2D eigenvalue weighted by molar-refractivity contribution is -0.122. The molecule has 0 radical (unpaired) electrons. The first-order valence-corrected chi connectivity index (χ1v) is 7.56. The number of nitrogens with zero attached hydrogens (tertiary/aromatic N) is 1. The SMILES string of the molecule is Cc1ccc(/C=C2\SC(=O)N(CNc3ccccc3)C2=O)o1. The highest BCUT2D eigenvalue weighted by Gasteiger charge is 2.35. The lowest BCUT2D eigenvalue weighted by Gasteiger charge is -2.14. The fourth-order valence-electron chi connectivity index (χ4n) is 2.02. The second kappa shape index (κ2) is 6.11. The molecule has 0 spiro atoms. The molecule has 2 heterocycles. The first-order chi connectivity index (χ1) is 10.6. The van der Waals surface area contributed by atoms with E-state index in [0.717, 1.165) is 23.2 Å². The van der Waals surface area contributed by atoms with Crippen LogP contribution in [0, 0.1) is 6.92 Å². The van der Waals surface area contributed by atoms with Gasteiger partial charge in [0.15, 0.2) is 0 Å². The highest BCUT2D eigenvalue weighted by Crippen LogP contribution is 2.32. The number of furan rings is 1. The molecule has 6 heteroatoms. The molecule has 0 unspecified atom stereocenters. The van der Waals surface area contributed by atoms with Crippen molar-refractivity contribution < 1.29 is 14.0 Å². The van der Waals surface area contributed by atoms with Crippen LogP contribution in [0.25, 0.3) is 6.08 Å². The summed E-state index contributed by atoms with van der Waals surface area (Å²) >= 11 is 0.920. The Morgan fingerprint density at radius 1 is 1.18 bits per heavy atom. The van der Waals surface area contributed by atoms with Crippen LogP contribution in [-0.4, -0.2) is 22.7 Å². The van der Waals surface area contributed by atoms with E-state index in [9.17, 15) is 9.59 Å². The summed E-state index contributed by atoms with van der Waals surface area (Å²) in [4.78, 5) is 25.8. The van der Waals surface area contributed by atoms with E-state index in [-0.39, 0.29) is 17.8 Å². The highest BCUT2D eigenvalue weighted by atomic mass is 32.2. The average molecular weight is 314 g/mol. The summed E-state index contributed by atoms with van der Waals surface area (Å²) in [5.74, 6) is 1.02. The largest absolute Gasteiger partial charge is 0.462 e. The van der Waals surface area contributed by atoms with Crippen molar-refractivity contribution in [1.29, 1.82) is 0 Å². The van der Waals surface area contributed by atoms with Crippen molar-refractivity contribution in [2.75, 3.05) is 12.0 Å². The van der Waals surface area contributed by atoms with E-state index in [2.05, 4.69) is 5.32 Å². The topological polar surface area (TPSA) is 62.6 Å². The molecule has 1 aliphatic rings. The van der Waals surface area contributed by atoms with Gasteiger partial charge in [0.05, 0.1) is 11.6 Å². The molecule has 2 aromatic rings. The fraction of sp³-hybridized carbons (Fsp3) is 0.125. The summed E-state index contributed by atoms with van der Waals surface area (Å²) in [5.41, 5.74) is 0.854. The summed E-state index contributed by atoms with van der Waals surface area (Å²) in [6.07, 6.45) is 1.60. The first-order valence-electron chi connectivity index (χ1n) is 6.74. The number of carbonyl (C=O) groups excluding carboxylic acids is 2. The molecule has 1 aliphatic heterocycles. The van der Waals surface area contributed by atoms with Gasteiger partial charge in [0, 0.05) is 11.8 Å². The van der Waals surface area contributed by atoms with Crippen molar-refractivity contribution >= 4 is 34.7 Å². The average Bonchev–Trinajstić information content (AvgIpc) is 3.03. The molecule has 5 nitrogen and oxygen atoms in total. The number of amides is 2. The van der Waals surface area contributed by atoms with Gasteiger partial charge in [-0.15, -0.1) is 0 Å². The smallest absolute Gasteiger partial charge is 0.295 e. The Bertz CT molecular complexity index is 737. The molecule has 22 heavy (non-hydrogen) atoms. The summed E-state index contributed by atoms with van der Waals surface area (Å²) in [5, 5.41) is 2.77. The van der Waals surface area contributed by atoms with Crippen LogP contribution in [0.1, 0.15) is 11.5 Å². The van der Waals surface area contributed by atoms with E-state index in [0.29, 0.717) is 10.7 Å².